The van der Waals surface area contributed by atoms with Gasteiger partial charge in [0.2, 0.25) is 0 Å². The quantitative estimate of drug-likeness (QED) is 0.351. The summed E-state index contributed by atoms with van der Waals surface area (Å²) < 4.78 is 5.62. The minimum atomic E-state index is -0.933. The molecule has 1 heterocycles. The van der Waals surface area contributed by atoms with E-state index in [9.17, 15) is 25.5 Å². The zero-order chi connectivity index (χ0) is 17.1. The Morgan fingerprint density at radius 3 is 2.30 bits per heavy atom. The van der Waals surface area contributed by atoms with Crippen molar-refractivity contribution in [1.82, 2.24) is 0 Å². The summed E-state index contributed by atoms with van der Waals surface area (Å²) >= 11 is 3.53. The fraction of sp³-hybridized carbons (Fsp3) is 0.250. The second-order valence-electron chi connectivity index (χ2n) is 5.00. The van der Waals surface area contributed by atoms with Crippen LogP contribution in [0.4, 0.5) is 0 Å². The van der Waals surface area contributed by atoms with Gasteiger partial charge in [0.05, 0.1) is 6.10 Å². The molecular weight excluding hydrogens is 320 g/mol. The summed E-state index contributed by atoms with van der Waals surface area (Å²) in [7, 11) is 0. The lowest BCUT2D eigenvalue weighted by atomic mass is 9.94. The topological polar surface area (TPSA) is 110 Å². The molecule has 6 nitrogen and oxygen atoms in total. The maximum Gasteiger partial charge on any atom is 0.157 e. The molecule has 2 aromatic rings. The Balaban J connectivity index is 0.000000924. The third-order valence-electron chi connectivity index (χ3n) is 3.51. The maximum atomic E-state index is 10.2. The number of aliphatic hydroxyl groups excluding tert-OH is 1. The van der Waals surface area contributed by atoms with Crippen molar-refractivity contribution in [2.45, 2.75) is 18.6 Å². The van der Waals surface area contributed by atoms with Crippen LogP contribution < -0.4 is 4.74 Å². The molecule has 0 fully saturated rings. The van der Waals surface area contributed by atoms with Gasteiger partial charge in [0.1, 0.15) is 23.4 Å². The Morgan fingerprint density at radius 2 is 1.65 bits per heavy atom. The number of hydrogen-bond acceptors (Lipinski definition) is 7. The molecule has 2 atom stereocenters. The van der Waals surface area contributed by atoms with Crippen molar-refractivity contribution in [2.75, 3.05) is 6.26 Å². The normalized spacial score (nSPS) is 19.1. The van der Waals surface area contributed by atoms with Crippen molar-refractivity contribution in [2.24, 2.45) is 0 Å². The third-order valence-corrected chi connectivity index (χ3v) is 3.51. The lowest BCUT2D eigenvalue weighted by Crippen LogP contribution is -2.30. The van der Waals surface area contributed by atoms with Crippen molar-refractivity contribution in [3.63, 3.8) is 0 Å². The molecule has 5 N–H and O–H groups in total. The molecule has 124 valence electrons. The van der Waals surface area contributed by atoms with Crippen molar-refractivity contribution in [3.8, 4) is 28.7 Å². The number of phenols is 4. The number of hydrogen-bond donors (Lipinski definition) is 6. The zero-order valence-corrected chi connectivity index (χ0v) is 13.2. The largest absolute Gasteiger partial charge is 0.508 e. The van der Waals surface area contributed by atoms with Gasteiger partial charge in [0, 0.05) is 24.1 Å². The number of aromatic hydroxyl groups is 4. The molecule has 0 spiro atoms. The third kappa shape index (κ3) is 3.40. The summed E-state index contributed by atoms with van der Waals surface area (Å²) in [6.07, 6.45) is 0.135. The molecule has 1 aliphatic rings. The first-order valence-corrected chi connectivity index (χ1v) is 7.71. The van der Waals surface area contributed by atoms with Gasteiger partial charge in [-0.3, -0.25) is 0 Å². The van der Waals surface area contributed by atoms with Crippen LogP contribution in [0.15, 0.2) is 30.3 Å². The van der Waals surface area contributed by atoms with Crippen LogP contribution in [0.5, 0.6) is 28.7 Å². The molecule has 0 aromatic heterocycles. The Morgan fingerprint density at radius 1 is 0.957 bits per heavy atom. The molecule has 23 heavy (non-hydrogen) atoms. The average molecular weight is 338 g/mol. The number of aliphatic hydroxyl groups is 1. The highest BCUT2D eigenvalue weighted by Crippen LogP contribution is 2.42. The molecule has 0 saturated carbocycles. The Labute approximate surface area is 138 Å². The van der Waals surface area contributed by atoms with Gasteiger partial charge < -0.3 is 30.3 Å². The van der Waals surface area contributed by atoms with Crippen LogP contribution in [0.1, 0.15) is 17.2 Å². The Kier molecular flexibility index (Phi) is 5.12. The van der Waals surface area contributed by atoms with Gasteiger partial charge in [-0.1, -0.05) is 6.07 Å². The first-order valence-electron chi connectivity index (χ1n) is 6.82. The van der Waals surface area contributed by atoms with Crippen LogP contribution in [0.25, 0.3) is 0 Å². The van der Waals surface area contributed by atoms with Gasteiger partial charge >= 0.3 is 0 Å². The highest BCUT2D eigenvalue weighted by atomic mass is 32.1. The summed E-state index contributed by atoms with van der Waals surface area (Å²) in [6, 6.07) is 6.67. The summed E-state index contributed by atoms with van der Waals surface area (Å²) in [6.45, 7) is 0. The molecule has 0 amide bonds. The Bertz CT molecular complexity index is 703. The predicted octanol–water partition coefficient (Wildman–Crippen LogP) is 2.09. The first kappa shape index (κ1) is 17.1. The molecule has 0 radical (unpaired) electrons. The van der Waals surface area contributed by atoms with Crippen molar-refractivity contribution < 1.29 is 30.3 Å². The van der Waals surface area contributed by atoms with E-state index in [1.807, 2.05) is 0 Å². The van der Waals surface area contributed by atoms with Crippen molar-refractivity contribution >= 4 is 12.6 Å². The summed E-state index contributed by atoms with van der Waals surface area (Å²) in [5, 5.41) is 48.3. The molecule has 1 aliphatic heterocycles. The number of fused-ring (bicyclic) bond motifs is 1. The van der Waals surface area contributed by atoms with E-state index in [2.05, 4.69) is 12.6 Å². The smallest absolute Gasteiger partial charge is 0.157 e. The van der Waals surface area contributed by atoms with Gasteiger partial charge in [-0.05, 0) is 24.0 Å². The monoisotopic (exact) mass is 338 g/mol. The lowest BCUT2D eigenvalue weighted by molar-refractivity contribution is 0.0197. The fourth-order valence-corrected chi connectivity index (χ4v) is 2.47. The van der Waals surface area contributed by atoms with Crippen molar-refractivity contribution in [1.29, 1.82) is 0 Å². The molecule has 3 rings (SSSR count). The fourth-order valence-electron chi connectivity index (χ4n) is 2.47. The second kappa shape index (κ2) is 6.89. The molecule has 7 heteroatoms. The highest BCUT2D eigenvalue weighted by Gasteiger charge is 2.32. The number of rotatable bonds is 1. The lowest BCUT2D eigenvalue weighted by Gasteiger charge is -2.31. The Hall–Kier alpha value is -2.25. The van der Waals surface area contributed by atoms with Gasteiger partial charge in [-0.25, -0.2) is 0 Å². The van der Waals surface area contributed by atoms with Crippen molar-refractivity contribution in [3.05, 3.63) is 41.5 Å². The minimum Gasteiger partial charge on any atom is -0.508 e. The number of ether oxygens (including phenoxy) is 1. The molecule has 2 aromatic carbocycles. The van der Waals surface area contributed by atoms with Gasteiger partial charge in [0.25, 0.3) is 0 Å². The second-order valence-corrected chi connectivity index (χ2v) is 5.00. The van der Waals surface area contributed by atoms with Crippen LogP contribution in [0, 0.1) is 0 Å². The average Bonchev–Trinajstić information content (AvgIpc) is 2.52. The van der Waals surface area contributed by atoms with E-state index in [0.717, 1.165) is 0 Å². The molecule has 0 bridgehead atoms. The summed E-state index contributed by atoms with van der Waals surface area (Å²) in [5.41, 5.74) is 0.894. The van der Waals surface area contributed by atoms with Crippen LogP contribution >= 0.6 is 12.6 Å². The number of phenolic OH excluding ortho intramolecular Hbond substituents is 4. The van der Waals surface area contributed by atoms with E-state index in [0.29, 0.717) is 11.1 Å². The molecular formula is C16H18O6S. The maximum absolute atomic E-state index is 10.2. The SMILES string of the molecule is CS.Oc1cc(O)c2c(c1)O[C@H](c1ccc(O)c(O)c1)[C@@H](O)C2. The van der Waals surface area contributed by atoms with Crippen LogP contribution in [-0.2, 0) is 6.42 Å². The number of thiol groups is 1. The van der Waals surface area contributed by atoms with E-state index < -0.39 is 12.2 Å². The van der Waals surface area contributed by atoms with Crippen LogP contribution in [0.3, 0.4) is 0 Å². The summed E-state index contributed by atoms with van der Waals surface area (Å²) in [4.78, 5) is 0. The number of benzene rings is 2. The molecule has 0 aliphatic carbocycles. The molecule has 0 unspecified atom stereocenters. The highest BCUT2D eigenvalue weighted by molar-refractivity contribution is 7.79. The summed E-state index contributed by atoms with van der Waals surface area (Å²) in [5.74, 6) is -0.589. The van der Waals surface area contributed by atoms with Crippen LogP contribution in [0.2, 0.25) is 0 Å². The van der Waals surface area contributed by atoms with E-state index in [4.69, 9.17) is 4.74 Å². The van der Waals surface area contributed by atoms with Gasteiger partial charge in [0.15, 0.2) is 11.5 Å². The zero-order valence-electron chi connectivity index (χ0n) is 12.3. The van der Waals surface area contributed by atoms with E-state index in [1.165, 1.54) is 30.3 Å². The minimum absolute atomic E-state index is 0.143. The van der Waals surface area contributed by atoms with Crippen LogP contribution in [-0.4, -0.2) is 37.9 Å². The predicted molar refractivity (Wildman–Crippen MR) is 87.5 cm³/mol. The molecule has 0 saturated heterocycles. The van der Waals surface area contributed by atoms with Gasteiger partial charge in [-0.15, -0.1) is 0 Å². The van der Waals surface area contributed by atoms with E-state index >= 15 is 0 Å². The van der Waals surface area contributed by atoms with Gasteiger partial charge in [-0.2, -0.15) is 12.6 Å². The van der Waals surface area contributed by atoms with E-state index in [1.54, 1.807) is 6.26 Å². The van der Waals surface area contributed by atoms with E-state index in [-0.39, 0.29) is 35.2 Å². The first-order chi connectivity index (χ1) is 11.0. The standard InChI is InChI=1S/C15H14O6.CH4S/c16-8-4-11(18)9-6-13(20)15(21-14(9)5-8)7-1-2-10(17)12(19)3-7;1-2/h1-5,13,15-20H,6H2;2H,1H3/t13-,15+;/m0./s1.